The van der Waals surface area contributed by atoms with Crippen LogP contribution in [0, 0.1) is 17.8 Å². The van der Waals surface area contributed by atoms with Crippen molar-refractivity contribution >= 4 is 0 Å². The minimum Gasteiger partial charge on any atom is -0.378 e. The van der Waals surface area contributed by atoms with Gasteiger partial charge in [0.2, 0.25) is 0 Å². The molecule has 1 heterocycles. The van der Waals surface area contributed by atoms with E-state index < -0.39 is 6.08 Å². The molecule has 2 aliphatic rings. The molecule has 2 rings (SSSR count). The minimum absolute atomic E-state index is 0.482. The number of ether oxygens (including phenoxy) is 1. The Morgan fingerprint density at radius 2 is 1.52 bits per heavy atom. The number of unbranched alkanes of at least 4 members (excludes halogenated alkanes) is 2. The van der Waals surface area contributed by atoms with Gasteiger partial charge >= 0.3 is 0 Å². The van der Waals surface area contributed by atoms with E-state index in [4.69, 9.17) is 4.74 Å². The fourth-order valence-electron chi connectivity index (χ4n) is 4.47. The zero-order valence-electron chi connectivity index (χ0n) is 15.7. The van der Waals surface area contributed by atoms with Crippen molar-refractivity contribution in [2.45, 2.75) is 89.6 Å². The van der Waals surface area contributed by atoms with E-state index in [0.29, 0.717) is 18.4 Å². The summed E-state index contributed by atoms with van der Waals surface area (Å²) in [5, 5.41) is 0. The first-order chi connectivity index (χ1) is 12.2. The fourth-order valence-corrected chi connectivity index (χ4v) is 4.47. The zero-order valence-corrected chi connectivity index (χ0v) is 15.7. The van der Waals surface area contributed by atoms with Gasteiger partial charge in [0.15, 0.2) is 0 Å². The van der Waals surface area contributed by atoms with E-state index in [-0.39, 0.29) is 0 Å². The Bertz CT molecular complexity index is 387. The van der Waals surface area contributed by atoms with Crippen molar-refractivity contribution in [3.8, 4) is 0 Å². The Hall–Kier alpha value is -0.700. The molecule has 1 aliphatic heterocycles. The highest BCUT2D eigenvalue weighted by atomic mass is 19.3. The van der Waals surface area contributed by atoms with Crippen molar-refractivity contribution in [3.63, 3.8) is 0 Å². The molecule has 0 aromatic heterocycles. The van der Waals surface area contributed by atoms with Crippen LogP contribution in [0.5, 0.6) is 0 Å². The van der Waals surface area contributed by atoms with Crippen LogP contribution in [0.1, 0.15) is 83.5 Å². The number of rotatable bonds is 10. The van der Waals surface area contributed by atoms with Crippen molar-refractivity contribution in [3.05, 3.63) is 24.8 Å². The Balaban J connectivity index is 1.46. The molecule has 1 aliphatic carbocycles. The number of halogens is 2. The van der Waals surface area contributed by atoms with Crippen LogP contribution in [0.2, 0.25) is 0 Å². The van der Waals surface area contributed by atoms with Crippen LogP contribution >= 0.6 is 0 Å². The average Bonchev–Trinajstić information content (AvgIpc) is 2.64. The molecule has 144 valence electrons. The van der Waals surface area contributed by atoms with Crippen LogP contribution in [0.25, 0.3) is 0 Å². The quantitative estimate of drug-likeness (QED) is 0.296. The molecule has 1 saturated carbocycles. The lowest BCUT2D eigenvalue weighted by molar-refractivity contribution is -0.00948. The molecule has 2 atom stereocenters. The van der Waals surface area contributed by atoms with Crippen LogP contribution in [-0.2, 0) is 4.74 Å². The first-order valence-electron chi connectivity index (χ1n) is 10.4. The molecule has 2 fully saturated rings. The van der Waals surface area contributed by atoms with Gasteiger partial charge < -0.3 is 4.74 Å². The summed E-state index contributed by atoms with van der Waals surface area (Å²) in [6.07, 6.45) is 17.6. The second-order valence-corrected chi connectivity index (χ2v) is 8.12. The first kappa shape index (κ1) is 20.6. The third-order valence-corrected chi connectivity index (χ3v) is 6.21. The van der Waals surface area contributed by atoms with E-state index in [1.54, 1.807) is 0 Å². The van der Waals surface area contributed by atoms with E-state index in [1.807, 2.05) is 6.08 Å². The van der Waals surface area contributed by atoms with E-state index in [1.165, 1.54) is 64.2 Å². The largest absolute Gasteiger partial charge is 0.378 e. The summed E-state index contributed by atoms with van der Waals surface area (Å²) in [6.45, 7) is 4.72. The normalized spacial score (nSPS) is 30.0. The van der Waals surface area contributed by atoms with Gasteiger partial charge in [-0.3, -0.25) is 0 Å². The summed E-state index contributed by atoms with van der Waals surface area (Å²) in [6, 6.07) is 0. The molecular weight excluding hydrogens is 318 g/mol. The SMILES string of the molecule is C=CC1CCC(CCCCC2CCC(CCCC=C(F)F)CC2)OC1. The lowest BCUT2D eigenvalue weighted by Crippen LogP contribution is -2.24. The molecular formula is C22H36F2O. The maximum atomic E-state index is 12.0. The molecule has 2 unspecified atom stereocenters. The summed E-state index contributed by atoms with van der Waals surface area (Å²) < 4.78 is 29.9. The van der Waals surface area contributed by atoms with Gasteiger partial charge in [-0.2, -0.15) is 8.78 Å². The average molecular weight is 355 g/mol. The van der Waals surface area contributed by atoms with Crippen LogP contribution < -0.4 is 0 Å². The van der Waals surface area contributed by atoms with Crippen LogP contribution in [-0.4, -0.2) is 12.7 Å². The van der Waals surface area contributed by atoms with Gasteiger partial charge in [-0.25, -0.2) is 0 Å². The highest BCUT2D eigenvalue weighted by molar-refractivity contribution is 4.83. The lowest BCUT2D eigenvalue weighted by Gasteiger charge is -2.29. The van der Waals surface area contributed by atoms with Gasteiger partial charge in [0.1, 0.15) is 0 Å². The van der Waals surface area contributed by atoms with Crippen LogP contribution in [0.3, 0.4) is 0 Å². The Morgan fingerprint density at radius 3 is 2.08 bits per heavy atom. The number of allylic oxidation sites excluding steroid dienone is 1. The molecule has 3 heteroatoms. The molecule has 1 nitrogen and oxygen atoms in total. The zero-order chi connectivity index (χ0) is 17.9. The predicted octanol–water partition coefficient (Wildman–Crippen LogP) is 7.29. The van der Waals surface area contributed by atoms with Gasteiger partial charge in [0, 0.05) is 5.92 Å². The van der Waals surface area contributed by atoms with Gasteiger partial charge in [-0.1, -0.05) is 57.4 Å². The predicted molar refractivity (Wildman–Crippen MR) is 101 cm³/mol. The summed E-state index contributed by atoms with van der Waals surface area (Å²) in [5.41, 5.74) is 0. The molecule has 1 saturated heterocycles. The molecule has 0 aromatic rings. The van der Waals surface area contributed by atoms with E-state index in [9.17, 15) is 8.78 Å². The van der Waals surface area contributed by atoms with Crippen LogP contribution in [0.15, 0.2) is 24.8 Å². The van der Waals surface area contributed by atoms with E-state index in [2.05, 4.69) is 6.58 Å². The Kier molecular flexibility index (Phi) is 9.75. The fraction of sp³-hybridized carbons (Fsp3) is 0.818. The van der Waals surface area contributed by atoms with Gasteiger partial charge in [0.05, 0.1) is 12.7 Å². The van der Waals surface area contributed by atoms with Crippen molar-refractivity contribution < 1.29 is 13.5 Å². The van der Waals surface area contributed by atoms with Crippen molar-refractivity contribution in [1.82, 2.24) is 0 Å². The van der Waals surface area contributed by atoms with Crippen molar-refractivity contribution in [2.24, 2.45) is 17.8 Å². The van der Waals surface area contributed by atoms with Gasteiger partial charge in [-0.05, 0) is 50.0 Å². The number of hydrogen-bond donors (Lipinski definition) is 0. The summed E-state index contributed by atoms with van der Waals surface area (Å²) in [4.78, 5) is 0. The molecule has 0 bridgehead atoms. The summed E-state index contributed by atoms with van der Waals surface area (Å²) in [7, 11) is 0. The minimum atomic E-state index is -1.53. The molecule has 0 aromatic carbocycles. The van der Waals surface area contributed by atoms with Crippen LogP contribution in [0.4, 0.5) is 8.78 Å². The lowest BCUT2D eigenvalue weighted by atomic mass is 9.78. The van der Waals surface area contributed by atoms with E-state index in [0.717, 1.165) is 37.4 Å². The summed E-state index contributed by atoms with van der Waals surface area (Å²) >= 11 is 0. The van der Waals surface area contributed by atoms with Gasteiger partial charge in [0.25, 0.3) is 6.08 Å². The third kappa shape index (κ3) is 8.48. The second kappa shape index (κ2) is 11.8. The molecule has 0 spiro atoms. The third-order valence-electron chi connectivity index (χ3n) is 6.21. The maximum absolute atomic E-state index is 12.0. The Morgan fingerprint density at radius 1 is 0.880 bits per heavy atom. The number of hydrogen-bond acceptors (Lipinski definition) is 1. The second-order valence-electron chi connectivity index (χ2n) is 8.12. The molecule has 0 radical (unpaired) electrons. The topological polar surface area (TPSA) is 9.23 Å². The highest BCUT2D eigenvalue weighted by Gasteiger charge is 2.22. The molecule has 0 N–H and O–H groups in total. The molecule has 0 amide bonds. The molecule has 25 heavy (non-hydrogen) atoms. The first-order valence-corrected chi connectivity index (χ1v) is 10.4. The van der Waals surface area contributed by atoms with Crippen molar-refractivity contribution in [2.75, 3.05) is 6.61 Å². The standard InChI is InChI=1S/C22H36F2O/c1-2-18-15-16-21(25-17-18)9-5-3-7-19-11-13-20(14-12-19)8-4-6-10-22(23)24/h2,10,18-21H,1,3-9,11-17H2. The highest BCUT2D eigenvalue weighted by Crippen LogP contribution is 2.34. The van der Waals surface area contributed by atoms with E-state index >= 15 is 0 Å². The summed E-state index contributed by atoms with van der Waals surface area (Å²) in [5.74, 6) is 2.25. The van der Waals surface area contributed by atoms with Crippen molar-refractivity contribution in [1.29, 1.82) is 0 Å². The smallest absolute Gasteiger partial charge is 0.266 e. The Labute approximate surface area is 152 Å². The van der Waals surface area contributed by atoms with Gasteiger partial charge in [-0.15, -0.1) is 6.58 Å². The maximum Gasteiger partial charge on any atom is 0.266 e. The monoisotopic (exact) mass is 354 g/mol.